The maximum Gasteiger partial charge on any atom is 0.270 e. The lowest BCUT2D eigenvalue weighted by atomic mass is 10.0. The van der Waals surface area contributed by atoms with Gasteiger partial charge in [-0.05, 0) is 37.5 Å². The van der Waals surface area contributed by atoms with Crippen molar-refractivity contribution in [2.45, 2.75) is 25.9 Å². The van der Waals surface area contributed by atoms with E-state index in [1.165, 1.54) is 0 Å². The van der Waals surface area contributed by atoms with Crippen molar-refractivity contribution < 1.29 is 9.53 Å². The Morgan fingerprint density at radius 3 is 2.83 bits per heavy atom. The number of carbonyl (C=O) groups is 1. The molecule has 2 aromatic carbocycles. The molecule has 1 saturated heterocycles. The number of ether oxygens (including phenoxy) is 1. The van der Waals surface area contributed by atoms with Crippen LogP contribution in [0.15, 0.2) is 54.6 Å². The number of rotatable bonds is 4. The topological polar surface area (TPSA) is 67.0 Å². The van der Waals surface area contributed by atoms with Gasteiger partial charge in [0.15, 0.2) is 0 Å². The summed E-state index contributed by atoms with van der Waals surface area (Å²) in [6.07, 6.45) is 2.15. The normalized spacial score (nSPS) is 16.5. The molecule has 5 heteroatoms. The number of pyridine rings is 1. The van der Waals surface area contributed by atoms with E-state index in [-0.39, 0.29) is 12.0 Å². The zero-order valence-corrected chi connectivity index (χ0v) is 16.4. The first kappa shape index (κ1) is 17.9. The van der Waals surface area contributed by atoms with E-state index in [0.717, 1.165) is 58.1 Å². The number of nitrogens with zero attached hydrogens (tertiary/aromatic N) is 1. The van der Waals surface area contributed by atoms with Gasteiger partial charge in [-0.25, -0.2) is 4.98 Å². The van der Waals surface area contributed by atoms with Gasteiger partial charge in [0.2, 0.25) is 0 Å². The molecule has 5 rings (SSSR count). The molecular weight excluding hydrogens is 362 g/mol. The van der Waals surface area contributed by atoms with Gasteiger partial charge in [0.25, 0.3) is 5.91 Å². The van der Waals surface area contributed by atoms with E-state index >= 15 is 0 Å². The van der Waals surface area contributed by atoms with Crippen LogP contribution in [0.5, 0.6) is 0 Å². The van der Waals surface area contributed by atoms with Gasteiger partial charge in [-0.3, -0.25) is 4.79 Å². The SMILES string of the molecule is Cc1ccccc1-c1nc(C(=O)NCC2CCCO2)cc2c1[nH]c1ccccc12. The summed E-state index contributed by atoms with van der Waals surface area (Å²) >= 11 is 0. The van der Waals surface area contributed by atoms with Crippen LogP contribution in [0.4, 0.5) is 0 Å². The highest BCUT2D eigenvalue weighted by Gasteiger charge is 2.20. The van der Waals surface area contributed by atoms with E-state index in [9.17, 15) is 4.79 Å². The van der Waals surface area contributed by atoms with Crippen LogP contribution in [0.2, 0.25) is 0 Å². The number of hydrogen-bond donors (Lipinski definition) is 2. The summed E-state index contributed by atoms with van der Waals surface area (Å²) in [6.45, 7) is 3.36. The number of aromatic nitrogens is 2. The molecule has 1 amide bonds. The number of H-pyrrole nitrogens is 1. The molecule has 0 saturated carbocycles. The summed E-state index contributed by atoms with van der Waals surface area (Å²) in [4.78, 5) is 21.2. The molecule has 2 N–H and O–H groups in total. The first-order valence-corrected chi connectivity index (χ1v) is 10.1. The number of benzene rings is 2. The van der Waals surface area contributed by atoms with Gasteiger partial charge >= 0.3 is 0 Å². The fourth-order valence-electron chi connectivity index (χ4n) is 4.10. The average Bonchev–Trinajstić information content (AvgIpc) is 3.39. The highest BCUT2D eigenvalue weighted by atomic mass is 16.5. The van der Waals surface area contributed by atoms with E-state index in [2.05, 4.69) is 35.4 Å². The molecule has 1 fully saturated rings. The van der Waals surface area contributed by atoms with Gasteiger partial charge < -0.3 is 15.0 Å². The second kappa shape index (κ2) is 7.33. The summed E-state index contributed by atoms with van der Waals surface area (Å²) in [5.74, 6) is -0.164. The molecule has 1 atom stereocenters. The first-order valence-electron chi connectivity index (χ1n) is 10.1. The van der Waals surface area contributed by atoms with Crippen molar-refractivity contribution in [1.29, 1.82) is 0 Å². The van der Waals surface area contributed by atoms with Gasteiger partial charge in [0.05, 0.1) is 17.3 Å². The van der Waals surface area contributed by atoms with Crippen LogP contribution in [0.1, 0.15) is 28.9 Å². The number of aryl methyl sites for hydroxylation is 1. The standard InChI is InChI=1S/C24H23N3O2/c1-15-7-2-3-9-17(15)22-23-19(18-10-4-5-11-20(18)26-23)13-21(27-22)24(28)25-14-16-8-6-12-29-16/h2-5,7,9-11,13,16,26H,6,8,12,14H2,1H3,(H,25,28). The number of hydrogen-bond acceptors (Lipinski definition) is 3. The van der Waals surface area contributed by atoms with Crippen LogP contribution < -0.4 is 5.32 Å². The Balaban J connectivity index is 1.63. The second-order valence-electron chi connectivity index (χ2n) is 7.61. The van der Waals surface area contributed by atoms with Crippen molar-refractivity contribution in [3.63, 3.8) is 0 Å². The number of fused-ring (bicyclic) bond motifs is 3. The van der Waals surface area contributed by atoms with Crippen molar-refractivity contribution in [2.24, 2.45) is 0 Å². The Morgan fingerprint density at radius 2 is 2.00 bits per heavy atom. The molecule has 2 aromatic heterocycles. The number of amides is 1. The van der Waals surface area contributed by atoms with Crippen molar-refractivity contribution in [3.05, 3.63) is 65.9 Å². The predicted octanol–water partition coefficient (Wildman–Crippen LogP) is 4.60. The fraction of sp³-hybridized carbons (Fsp3) is 0.250. The van der Waals surface area contributed by atoms with Gasteiger partial charge in [-0.1, -0.05) is 42.5 Å². The highest BCUT2D eigenvalue weighted by molar-refractivity contribution is 6.13. The summed E-state index contributed by atoms with van der Waals surface area (Å²) in [6, 6.07) is 18.2. The molecule has 4 aromatic rings. The number of aromatic amines is 1. The Kier molecular flexibility index (Phi) is 4.52. The largest absolute Gasteiger partial charge is 0.376 e. The van der Waals surface area contributed by atoms with Crippen LogP contribution in [-0.2, 0) is 4.74 Å². The molecule has 146 valence electrons. The van der Waals surface area contributed by atoms with E-state index < -0.39 is 0 Å². The van der Waals surface area contributed by atoms with E-state index in [4.69, 9.17) is 9.72 Å². The smallest absolute Gasteiger partial charge is 0.270 e. The first-order chi connectivity index (χ1) is 14.2. The molecule has 5 nitrogen and oxygen atoms in total. The number of nitrogens with one attached hydrogen (secondary N) is 2. The van der Waals surface area contributed by atoms with Crippen LogP contribution in [0.25, 0.3) is 33.1 Å². The molecule has 1 aliphatic rings. The Labute approximate surface area is 169 Å². The van der Waals surface area contributed by atoms with Crippen LogP contribution in [-0.4, -0.2) is 35.1 Å². The Bertz CT molecular complexity index is 1210. The number of para-hydroxylation sites is 1. The minimum absolute atomic E-state index is 0.103. The van der Waals surface area contributed by atoms with Crippen molar-refractivity contribution >= 4 is 27.7 Å². The summed E-state index contributed by atoms with van der Waals surface area (Å²) < 4.78 is 5.62. The molecule has 0 spiro atoms. The predicted molar refractivity (Wildman–Crippen MR) is 115 cm³/mol. The molecule has 1 unspecified atom stereocenters. The van der Waals surface area contributed by atoms with Crippen LogP contribution >= 0.6 is 0 Å². The molecule has 0 aliphatic carbocycles. The third-order valence-electron chi connectivity index (χ3n) is 5.64. The zero-order valence-electron chi connectivity index (χ0n) is 16.4. The minimum Gasteiger partial charge on any atom is -0.376 e. The lowest BCUT2D eigenvalue weighted by Gasteiger charge is -2.12. The quantitative estimate of drug-likeness (QED) is 0.539. The van der Waals surface area contributed by atoms with Crippen LogP contribution in [0.3, 0.4) is 0 Å². The van der Waals surface area contributed by atoms with Gasteiger partial charge in [0.1, 0.15) is 5.69 Å². The summed E-state index contributed by atoms with van der Waals surface area (Å²) in [5.41, 5.74) is 5.37. The maximum absolute atomic E-state index is 12.9. The molecular formula is C24H23N3O2. The lowest BCUT2D eigenvalue weighted by molar-refractivity contribution is 0.0854. The minimum atomic E-state index is -0.164. The maximum atomic E-state index is 12.9. The molecule has 0 bridgehead atoms. The third-order valence-corrected chi connectivity index (χ3v) is 5.64. The Morgan fingerprint density at radius 1 is 1.17 bits per heavy atom. The average molecular weight is 385 g/mol. The van der Waals surface area contributed by atoms with E-state index in [1.807, 2.05) is 36.4 Å². The van der Waals surface area contributed by atoms with E-state index in [0.29, 0.717) is 12.2 Å². The molecule has 0 radical (unpaired) electrons. The van der Waals surface area contributed by atoms with Gasteiger partial charge in [0, 0.05) is 35.0 Å². The molecule has 29 heavy (non-hydrogen) atoms. The zero-order chi connectivity index (χ0) is 19.8. The second-order valence-corrected chi connectivity index (χ2v) is 7.61. The van der Waals surface area contributed by atoms with Gasteiger partial charge in [-0.15, -0.1) is 0 Å². The summed E-state index contributed by atoms with van der Waals surface area (Å²) in [7, 11) is 0. The highest BCUT2D eigenvalue weighted by Crippen LogP contribution is 2.33. The van der Waals surface area contributed by atoms with Crippen LogP contribution in [0, 0.1) is 6.92 Å². The van der Waals surface area contributed by atoms with Crippen molar-refractivity contribution in [3.8, 4) is 11.3 Å². The van der Waals surface area contributed by atoms with Crippen molar-refractivity contribution in [1.82, 2.24) is 15.3 Å². The van der Waals surface area contributed by atoms with Crippen molar-refractivity contribution in [2.75, 3.05) is 13.2 Å². The van der Waals surface area contributed by atoms with E-state index in [1.54, 1.807) is 0 Å². The lowest BCUT2D eigenvalue weighted by Crippen LogP contribution is -2.32. The fourth-order valence-corrected chi connectivity index (χ4v) is 4.10. The molecule has 3 heterocycles. The third kappa shape index (κ3) is 3.28. The Hall–Kier alpha value is -3.18. The summed E-state index contributed by atoms with van der Waals surface area (Å²) in [5, 5.41) is 5.10. The van der Waals surface area contributed by atoms with Gasteiger partial charge in [-0.2, -0.15) is 0 Å². The molecule has 1 aliphatic heterocycles. The monoisotopic (exact) mass is 385 g/mol. The number of carbonyl (C=O) groups excluding carboxylic acids is 1.